The molecule has 0 aromatic carbocycles. The lowest BCUT2D eigenvalue weighted by Gasteiger charge is -1.95. The second-order valence-electron chi connectivity index (χ2n) is 1.18. The highest BCUT2D eigenvalue weighted by Gasteiger charge is 1.86. The maximum absolute atomic E-state index is 8.21. The molecule has 0 aromatic heterocycles. The van der Waals surface area contributed by atoms with E-state index in [2.05, 4.69) is 18.5 Å². The smallest absolute Gasteiger partial charge is 0.0440 e. The Hall–Kier alpha value is 0.820. The van der Waals surface area contributed by atoms with Gasteiger partial charge in [-0.05, 0) is 11.8 Å². The van der Waals surface area contributed by atoms with E-state index in [0.29, 0.717) is 5.40 Å². The van der Waals surface area contributed by atoms with Gasteiger partial charge in [0.1, 0.15) is 0 Å². The molecule has 38 valence electrons. The largest absolute Gasteiger partial charge is 0.396 e. The zero-order valence-corrected chi connectivity index (χ0v) is 5.90. The molecule has 2 unspecified atom stereocenters. The first-order valence-corrected chi connectivity index (χ1v) is 3.22. The number of aliphatic hydroxyl groups is 1. The van der Waals surface area contributed by atoms with Crippen LogP contribution in [0.3, 0.4) is 0 Å². The molecule has 0 saturated heterocycles. The summed E-state index contributed by atoms with van der Waals surface area (Å²) in [6, 6.07) is 0. The van der Waals surface area contributed by atoms with Crippen LogP contribution in [-0.4, -0.2) is 17.1 Å². The van der Waals surface area contributed by atoms with E-state index in [9.17, 15) is 0 Å². The van der Waals surface area contributed by atoms with E-state index in [1.807, 2.05) is 0 Å². The molecule has 0 heterocycles. The molecule has 0 aliphatic rings. The Morgan fingerprint density at radius 2 is 2.00 bits per heavy atom. The molecule has 2 atom stereocenters. The molecule has 0 fully saturated rings. The Morgan fingerprint density at radius 3 is 2.00 bits per heavy atom. The molecule has 3 heteroatoms. The van der Waals surface area contributed by atoms with Crippen molar-refractivity contribution in [3.8, 4) is 0 Å². The summed E-state index contributed by atoms with van der Waals surface area (Å²) in [5.74, 6) is 0. The Balaban J connectivity index is 2.63. The minimum Gasteiger partial charge on any atom is -0.396 e. The van der Waals surface area contributed by atoms with Gasteiger partial charge in [0.05, 0.1) is 0 Å². The van der Waals surface area contributed by atoms with Crippen molar-refractivity contribution >= 4 is 18.5 Å². The van der Waals surface area contributed by atoms with Gasteiger partial charge in [0.25, 0.3) is 0 Å². The molecule has 6 heavy (non-hydrogen) atoms. The fourth-order valence-electron chi connectivity index (χ4n) is 0.149. The van der Waals surface area contributed by atoms with E-state index < -0.39 is 0 Å². The third-order valence-corrected chi connectivity index (χ3v) is 1.13. The molecular formula is C3H10OP2. The third kappa shape index (κ3) is 4.82. The van der Waals surface area contributed by atoms with Crippen LogP contribution in [0.1, 0.15) is 6.42 Å². The topological polar surface area (TPSA) is 20.2 Å². The van der Waals surface area contributed by atoms with E-state index in [1.165, 1.54) is 0 Å². The van der Waals surface area contributed by atoms with E-state index >= 15 is 0 Å². The molecule has 0 aliphatic heterocycles. The monoisotopic (exact) mass is 124 g/mol. The zero-order valence-electron chi connectivity index (χ0n) is 3.59. The molecule has 0 spiro atoms. The highest BCUT2D eigenvalue weighted by Crippen LogP contribution is 2.11. The van der Waals surface area contributed by atoms with Crippen LogP contribution in [0.4, 0.5) is 0 Å². The van der Waals surface area contributed by atoms with Gasteiger partial charge in [0.2, 0.25) is 0 Å². The molecule has 0 aliphatic carbocycles. The summed E-state index contributed by atoms with van der Waals surface area (Å²) < 4.78 is 0. The lowest BCUT2D eigenvalue weighted by atomic mass is 10.5. The Bertz CT molecular complexity index is 30.0. The van der Waals surface area contributed by atoms with Crippen LogP contribution in [-0.2, 0) is 0 Å². The van der Waals surface area contributed by atoms with Crippen LogP contribution < -0.4 is 0 Å². The van der Waals surface area contributed by atoms with Crippen molar-refractivity contribution in [2.45, 2.75) is 11.8 Å². The van der Waals surface area contributed by atoms with Gasteiger partial charge in [-0.25, -0.2) is 0 Å². The lowest BCUT2D eigenvalue weighted by Crippen LogP contribution is -1.88. The van der Waals surface area contributed by atoms with Crippen LogP contribution in [0.2, 0.25) is 0 Å². The Kier molecular flexibility index (Phi) is 4.54. The molecular weight excluding hydrogens is 114 g/mol. The summed E-state index contributed by atoms with van der Waals surface area (Å²) in [6.07, 6.45) is 0.856. The predicted molar refractivity (Wildman–Crippen MR) is 34.9 cm³/mol. The first kappa shape index (κ1) is 6.82. The van der Waals surface area contributed by atoms with Crippen LogP contribution in [0, 0.1) is 0 Å². The number of rotatable bonds is 2. The van der Waals surface area contributed by atoms with Crippen LogP contribution in [0.5, 0.6) is 0 Å². The standard InChI is InChI=1S/C3H10OP2/c4-2-1-3(5)6/h3-4H,1-2,5-6H2. The first-order chi connectivity index (χ1) is 2.77. The van der Waals surface area contributed by atoms with Crippen LogP contribution >= 0.6 is 18.5 Å². The average molecular weight is 124 g/mol. The maximum Gasteiger partial charge on any atom is 0.0440 e. The molecule has 1 nitrogen and oxygen atoms in total. The van der Waals surface area contributed by atoms with Crippen molar-refractivity contribution in [3.05, 3.63) is 0 Å². The summed E-state index contributed by atoms with van der Waals surface area (Å²) in [6.45, 7) is 0.289. The zero-order chi connectivity index (χ0) is 4.99. The average Bonchev–Trinajstić information content (AvgIpc) is 1.35. The van der Waals surface area contributed by atoms with E-state index in [1.54, 1.807) is 0 Å². The van der Waals surface area contributed by atoms with E-state index in [-0.39, 0.29) is 6.61 Å². The van der Waals surface area contributed by atoms with Crippen LogP contribution in [0.25, 0.3) is 0 Å². The molecule has 0 radical (unpaired) electrons. The fraction of sp³-hybridized carbons (Fsp3) is 1.00. The molecule has 0 bridgehead atoms. The molecule has 0 saturated carbocycles. The number of hydrogen-bond acceptors (Lipinski definition) is 1. The van der Waals surface area contributed by atoms with E-state index in [0.717, 1.165) is 6.42 Å². The Labute approximate surface area is 42.9 Å². The molecule has 0 rings (SSSR count). The van der Waals surface area contributed by atoms with Crippen LogP contribution in [0.15, 0.2) is 0 Å². The summed E-state index contributed by atoms with van der Waals surface area (Å²) in [5.41, 5.74) is 0. The second-order valence-corrected chi connectivity index (χ2v) is 3.66. The third-order valence-electron chi connectivity index (χ3n) is 0.462. The van der Waals surface area contributed by atoms with Crippen molar-refractivity contribution < 1.29 is 5.11 Å². The Morgan fingerprint density at radius 1 is 1.50 bits per heavy atom. The summed E-state index contributed by atoms with van der Waals surface area (Å²) in [7, 11) is 5.16. The van der Waals surface area contributed by atoms with Gasteiger partial charge in [0, 0.05) is 6.61 Å². The van der Waals surface area contributed by atoms with Gasteiger partial charge >= 0.3 is 0 Å². The quantitative estimate of drug-likeness (QED) is 0.530. The van der Waals surface area contributed by atoms with Crippen molar-refractivity contribution in [1.82, 2.24) is 0 Å². The van der Waals surface area contributed by atoms with Crippen molar-refractivity contribution in [1.29, 1.82) is 0 Å². The highest BCUT2D eigenvalue weighted by atomic mass is 31.1. The summed E-state index contributed by atoms with van der Waals surface area (Å²) >= 11 is 0. The van der Waals surface area contributed by atoms with Gasteiger partial charge in [-0.2, -0.15) is 0 Å². The van der Waals surface area contributed by atoms with Crippen molar-refractivity contribution in [3.63, 3.8) is 0 Å². The summed E-state index contributed by atoms with van der Waals surface area (Å²) in [5, 5.41) is 8.69. The maximum atomic E-state index is 8.21. The van der Waals surface area contributed by atoms with Gasteiger partial charge in [-0.1, -0.05) is 0 Å². The number of aliphatic hydroxyl groups excluding tert-OH is 1. The first-order valence-electron chi connectivity index (χ1n) is 1.89. The molecule has 0 amide bonds. The molecule has 1 N–H and O–H groups in total. The lowest BCUT2D eigenvalue weighted by molar-refractivity contribution is 0.294. The van der Waals surface area contributed by atoms with Gasteiger partial charge in [-0.3, -0.25) is 0 Å². The number of hydrogen-bond donors (Lipinski definition) is 1. The summed E-state index contributed by atoms with van der Waals surface area (Å²) in [4.78, 5) is 0. The van der Waals surface area contributed by atoms with Crippen molar-refractivity contribution in [2.75, 3.05) is 6.61 Å². The fourth-order valence-corrected chi connectivity index (χ4v) is 0.447. The van der Waals surface area contributed by atoms with Gasteiger partial charge < -0.3 is 5.11 Å². The highest BCUT2D eigenvalue weighted by molar-refractivity contribution is 7.37. The van der Waals surface area contributed by atoms with Crippen molar-refractivity contribution in [2.24, 2.45) is 0 Å². The normalized spacial score (nSPS) is 10.0. The minimum absolute atomic E-state index is 0.289. The van der Waals surface area contributed by atoms with Gasteiger partial charge in [-0.15, -0.1) is 18.5 Å². The van der Waals surface area contributed by atoms with E-state index in [4.69, 9.17) is 5.11 Å². The molecule has 0 aromatic rings. The minimum atomic E-state index is 0.289. The predicted octanol–water partition coefficient (Wildman–Crippen LogP) is 0.445. The SMILES string of the molecule is OCCC(P)P. The second kappa shape index (κ2) is 3.99. The van der Waals surface area contributed by atoms with Gasteiger partial charge in [0.15, 0.2) is 0 Å².